The van der Waals surface area contributed by atoms with Gasteiger partial charge in [-0.25, -0.2) is 0 Å². The Bertz CT molecular complexity index is 561. The first-order valence-electron chi connectivity index (χ1n) is 7.28. The second-order valence-electron chi connectivity index (χ2n) is 5.86. The van der Waals surface area contributed by atoms with E-state index in [4.69, 9.17) is 0 Å². The predicted molar refractivity (Wildman–Crippen MR) is 85.5 cm³/mol. The van der Waals surface area contributed by atoms with E-state index in [-0.39, 0.29) is 0 Å². The van der Waals surface area contributed by atoms with Crippen molar-refractivity contribution in [3.05, 3.63) is 59.7 Å². The Kier molecular flexibility index (Phi) is 4.79. The van der Waals surface area contributed by atoms with Gasteiger partial charge in [0.15, 0.2) is 0 Å². The maximum absolute atomic E-state index is 2.39. The molecule has 19 heavy (non-hydrogen) atoms. The van der Waals surface area contributed by atoms with Crippen molar-refractivity contribution in [2.75, 3.05) is 0 Å². The molecule has 0 radical (unpaired) electrons. The molecule has 0 heteroatoms. The van der Waals surface area contributed by atoms with Crippen LogP contribution >= 0.6 is 0 Å². The smallest absolute Gasteiger partial charge is 0.0181 e. The molecule has 100 valence electrons. The van der Waals surface area contributed by atoms with E-state index in [1.165, 1.54) is 34.8 Å². The van der Waals surface area contributed by atoms with Crippen molar-refractivity contribution >= 4 is 10.8 Å². The quantitative estimate of drug-likeness (QED) is 0.593. The number of allylic oxidation sites excluding steroid dienone is 2. The SMILES string of the molecule is C/C(=C\CC(C)C)CCc1ccc2ccccc2c1. The van der Waals surface area contributed by atoms with Crippen LogP contribution < -0.4 is 0 Å². The first-order valence-corrected chi connectivity index (χ1v) is 7.28. The van der Waals surface area contributed by atoms with Gasteiger partial charge in [0.05, 0.1) is 0 Å². The molecular weight excluding hydrogens is 228 g/mol. The molecule has 0 fully saturated rings. The molecule has 0 amide bonds. The topological polar surface area (TPSA) is 0 Å². The second kappa shape index (κ2) is 6.56. The number of rotatable bonds is 5. The molecule has 0 aliphatic rings. The van der Waals surface area contributed by atoms with Crippen molar-refractivity contribution in [3.8, 4) is 0 Å². The predicted octanol–water partition coefficient (Wildman–Crippen LogP) is 5.76. The van der Waals surface area contributed by atoms with E-state index in [1.807, 2.05) is 0 Å². The van der Waals surface area contributed by atoms with Crippen LogP contribution in [0.15, 0.2) is 54.1 Å². The van der Waals surface area contributed by atoms with Gasteiger partial charge >= 0.3 is 0 Å². The maximum Gasteiger partial charge on any atom is -0.0181 e. The number of fused-ring (bicyclic) bond motifs is 1. The fourth-order valence-electron chi connectivity index (χ4n) is 2.27. The molecule has 2 aromatic rings. The summed E-state index contributed by atoms with van der Waals surface area (Å²) in [4.78, 5) is 0. The third-order valence-corrected chi connectivity index (χ3v) is 3.56. The molecule has 0 spiro atoms. The van der Waals surface area contributed by atoms with Gasteiger partial charge < -0.3 is 0 Å². The lowest BCUT2D eigenvalue weighted by atomic mass is 10.0. The van der Waals surface area contributed by atoms with E-state index in [2.05, 4.69) is 69.3 Å². The van der Waals surface area contributed by atoms with Crippen LogP contribution in [0.2, 0.25) is 0 Å². The molecule has 0 unspecified atom stereocenters. The van der Waals surface area contributed by atoms with Gasteiger partial charge in [0.25, 0.3) is 0 Å². The van der Waals surface area contributed by atoms with Crippen molar-refractivity contribution < 1.29 is 0 Å². The summed E-state index contributed by atoms with van der Waals surface area (Å²) in [5.41, 5.74) is 2.96. The Morgan fingerprint density at radius 3 is 2.53 bits per heavy atom. The van der Waals surface area contributed by atoms with E-state index in [0.29, 0.717) is 0 Å². The zero-order valence-corrected chi connectivity index (χ0v) is 12.3. The fraction of sp³-hybridized carbons (Fsp3) is 0.368. The molecular formula is C19H24. The summed E-state index contributed by atoms with van der Waals surface area (Å²) in [5.74, 6) is 0.760. The third kappa shape index (κ3) is 4.24. The van der Waals surface area contributed by atoms with Crippen molar-refractivity contribution in [1.82, 2.24) is 0 Å². The van der Waals surface area contributed by atoms with Crippen LogP contribution in [0.5, 0.6) is 0 Å². The molecule has 2 aromatic carbocycles. The van der Waals surface area contributed by atoms with Crippen LogP contribution in [0.1, 0.15) is 39.2 Å². The average molecular weight is 252 g/mol. The van der Waals surface area contributed by atoms with Crippen LogP contribution in [0, 0.1) is 5.92 Å². The van der Waals surface area contributed by atoms with Gasteiger partial charge in [-0.2, -0.15) is 0 Å². The maximum atomic E-state index is 2.39. The first kappa shape index (κ1) is 13.9. The van der Waals surface area contributed by atoms with Gasteiger partial charge in [0, 0.05) is 0 Å². The number of hydrogen-bond acceptors (Lipinski definition) is 0. The fourth-order valence-corrected chi connectivity index (χ4v) is 2.27. The highest BCUT2D eigenvalue weighted by atomic mass is 14.0. The minimum absolute atomic E-state index is 0.760. The molecule has 0 N–H and O–H groups in total. The van der Waals surface area contributed by atoms with Gasteiger partial charge in [-0.1, -0.05) is 68.0 Å². The summed E-state index contributed by atoms with van der Waals surface area (Å²) in [5, 5.41) is 2.68. The molecule has 0 nitrogen and oxygen atoms in total. The van der Waals surface area contributed by atoms with Crippen LogP contribution in [0.3, 0.4) is 0 Å². The zero-order valence-electron chi connectivity index (χ0n) is 12.3. The Morgan fingerprint density at radius 1 is 1.05 bits per heavy atom. The number of benzene rings is 2. The van der Waals surface area contributed by atoms with Crippen LogP contribution in [-0.2, 0) is 6.42 Å². The lowest BCUT2D eigenvalue weighted by Gasteiger charge is -2.06. The molecule has 0 saturated heterocycles. The molecule has 0 heterocycles. The summed E-state index contributed by atoms with van der Waals surface area (Å²) in [6, 6.07) is 15.4. The standard InChI is InChI=1S/C19H24/c1-15(2)8-9-16(3)10-11-17-12-13-18-6-4-5-7-19(18)14-17/h4-7,9,12-15H,8,10-11H2,1-3H3/b16-9+. The summed E-state index contributed by atoms with van der Waals surface area (Å²) in [6.07, 6.45) is 5.91. The van der Waals surface area contributed by atoms with Crippen molar-refractivity contribution in [2.45, 2.75) is 40.0 Å². The van der Waals surface area contributed by atoms with Crippen molar-refractivity contribution in [1.29, 1.82) is 0 Å². The number of hydrogen-bond donors (Lipinski definition) is 0. The Morgan fingerprint density at radius 2 is 1.79 bits per heavy atom. The molecule has 0 aliphatic carbocycles. The minimum Gasteiger partial charge on any atom is -0.0853 e. The van der Waals surface area contributed by atoms with Crippen LogP contribution in [0.25, 0.3) is 10.8 Å². The van der Waals surface area contributed by atoms with E-state index >= 15 is 0 Å². The molecule has 0 bridgehead atoms. The van der Waals surface area contributed by atoms with Gasteiger partial charge in [-0.15, -0.1) is 0 Å². The monoisotopic (exact) mass is 252 g/mol. The lowest BCUT2D eigenvalue weighted by Crippen LogP contribution is -1.89. The second-order valence-corrected chi connectivity index (χ2v) is 5.86. The van der Waals surface area contributed by atoms with E-state index in [0.717, 1.165) is 12.3 Å². The molecule has 0 aromatic heterocycles. The van der Waals surface area contributed by atoms with Gasteiger partial charge in [-0.05, 0) is 48.4 Å². The highest BCUT2D eigenvalue weighted by molar-refractivity contribution is 5.82. The average Bonchev–Trinajstić information content (AvgIpc) is 2.42. The van der Waals surface area contributed by atoms with Gasteiger partial charge in [-0.3, -0.25) is 0 Å². The van der Waals surface area contributed by atoms with Crippen LogP contribution in [-0.4, -0.2) is 0 Å². The largest absolute Gasteiger partial charge is 0.0853 e. The van der Waals surface area contributed by atoms with Crippen molar-refractivity contribution in [3.63, 3.8) is 0 Å². The van der Waals surface area contributed by atoms with E-state index in [9.17, 15) is 0 Å². The summed E-state index contributed by atoms with van der Waals surface area (Å²) < 4.78 is 0. The molecule has 0 aliphatic heterocycles. The Balaban J connectivity index is 2.00. The molecule has 0 atom stereocenters. The molecule has 0 saturated carbocycles. The van der Waals surface area contributed by atoms with E-state index < -0.39 is 0 Å². The zero-order chi connectivity index (χ0) is 13.7. The van der Waals surface area contributed by atoms with Gasteiger partial charge in [0.2, 0.25) is 0 Å². The highest BCUT2D eigenvalue weighted by Gasteiger charge is 1.98. The van der Waals surface area contributed by atoms with Gasteiger partial charge in [0.1, 0.15) is 0 Å². The third-order valence-electron chi connectivity index (χ3n) is 3.56. The number of aryl methyl sites for hydroxylation is 1. The van der Waals surface area contributed by atoms with Crippen molar-refractivity contribution in [2.24, 2.45) is 5.92 Å². The first-order chi connectivity index (χ1) is 9.15. The molecule has 2 rings (SSSR count). The Hall–Kier alpha value is -1.56. The lowest BCUT2D eigenvalue weighted by molar-refractivity contribution is 0.659. The Labute approximate surface area is 117 Å². The summed E-state index contributed by atoms with van der Waals surface area (Å²) >= 11 is 0. The van der Waals surface area contributed by atoms with Crippen LogP contribution in [0.4, 0.5) is 0 Å². The summed E-state index contributed by atoms with van der Waals surface area (Å²) in [6.45, 7) is 6.80. The normalized spacial score (nSPS) is 12.3. The van der Waals surface area contributed by atoms with E-state index in [1.54, 1.807) is 0 Å². The minimum atomic E-state index is 0.760. The summed E-state index contributed by atoms with van der Waals surface area (Å²) in [7, 11) is 0. The highest BCUT2D eigenvalue weighted by Crippen LogP contribution is 2.18.